The Morgan fingerprint density at radius 3 is 2.50 bits per heavy atom. The number of hydrogen-bond acceptors (Lipinski definition) is 4. The first-order chi connectivity index (χ1) is 11.3. The smallest absolute Gasteiger partial charge is 0.310 e. The molecular formula is C17H18FNO5. The number of halogens is 1. The van der Waals surface area contributed by atoms with Gasteiger partial charge in [-0.05, 0) is 50.2 Å². The predicted molar refractivity (Wildman–Crippen MR) is 83.2 cm³/mol. The lowest BCUT2D eigenvalue weighted by Gasteiger charge is -2.18. The highest BCUT2D eigenvalue weighted by Gasteiger charge is 2.28. The van der Waals surface area contributed by atoms with E-state index in [0.29, 0.717) is 11.5 Å². The fraction of sp³-hybridized carbons (Fsp3) is 0.294. The van der Waals surface area contributed by atoms with Crippen molar-refractivity contribution in [3.05, 3.63) is 53.7 Å². The molecular weight excluding hydrogens is 317 g/mol. The number of furan rings is 1. The number of benzene rings is 1. The molecule has 6 nitrogen and oxygen atoms in total. The molecule has 0 saturated carbocycles. The first-order valence-corrected chi connectivity index (χ1v) is 7.26. The van der Waals surface area contributed by atoms with Gasteiger partial charge in [-0.1, -0.05) is 0 Å². The monoisotopic (exact) mass is 335 g/mol. The van der Waals surface area contributed by atoms with Gasteiger partial charge in [0.1, 0.15) is 23.9 Å². The van der Waals surface area contributed by atoms with Gasteiger partial charge in [0.25, 0.3) is 5.91 Å². The number of carbonyl (C=O) groups is 2. The summed E-state index contributed by atoms with van der Waals surface area (Å²) >= 11 is 0. The molecule has 2 aromatic rings. The van der Waals surface area contributed by atoms with Gasteiger partial charge < -0.3 is 19.6 Å². The second-order valence-corrected chi connectivity index (χ2v) is 5.88. The maximum Gasteiger partial charge on any atom is 0.310 e. The molecule has 0 fully saturated rings. The van der Waals surface area contributed by atoms with Crippen LogP contribution in [0.2, 0.25) is 0 Å². The van der Waals surface area contributed by atoms with E-state index in [4.69, 9.17) is 14.3 Å². The maximum absolute atomic E-state index is 12.8. The van der Waals surface area contributed by atoms with Crippen LogP contribution in [0.4, 0.5) is 4.39 Å². The molecule has 128 valence electrons. The summed E-state index contributed by atoms with van der Waals surface area (Å²) in [4.78, 5) is 23.0. The zero-order valence-corrected chi connectivity index (χ0v) is 13.3. The Balaban J connectivity index is 1.89. The van der Waals surface area contributed by atoms with Crippen molar-refractivity contribution in [2.75, 3.05) is 6.54 Å². The molecule has 0 saturated heterocycles. The summed E-state index contributed by atoms with van der Waals surface area (Å²) in [5, 5.41) is 11.5. The second kappa shape index (κ2) is 7.16. The van der Waals surface area contributed by atoms with Crippen LogP contribution in [-0.4, -0.2) is 23.5 Å². The van der Waals surface area contributed by atoms with Crippen LogP contribution in [0, 0.1) is 11.2 Å². The van der Waals surface area contributed by atoms with Gasteiger partial charge in [0.15, 0.2) is 5.76 Å². The summed E-state index contributed by atoms with van der Waals surface area (Å²) in [6.45, 7) is 3.09. The van der Waals surface area contributed by atoms with Crippen LogP contribution in [0.5, 0.6) is 5.75 Å². The summed E-state index contributed by atoms with van der Waals surface area (Å²) in [7, 11) is 0. The lowest BCUT2D eigenvalue weighted by Crippen LogP contribution is -2.38. The Morgan fingerprint density at radius 2 is 1.88 bits per heavy atom. The molecule has 0 bridgehead atoms. The van der Waals surface area contributed by atoms with Crippen LogP contribution in [0.3, 0.4) is 0 Å². The number of carboxylic acid groups (broad SMARTS) is 1. The van der Waals surface area contributed by atoms with Crippen molar-refractivity contribution < 1.29 is 28.2 Å². The minimum atomic E-state index is -1.07. The number of ether oxygens (including phenoxy) is 1. The van der Waals surface area contributed by atoms with Crippen LogP contribution in [0.15, 0.2) is 40.8 Å². The zero-order chi connectivity index (χ0) is 17.7. The molecule has 0 unspecified atom stereocenters. The van der Waals surface area contributed by atoms with E-state index in [-0.39, 0.29) is 24.7 Å². The third-order valence-corrected chi connectivity index (χ3v) is 3.35. The van der Waals surface area contributed by atoms with Crippen molar-refractivity contribution >= 4 is 11.9 Å². The van der Waals surface area contributed by atoms with E-state index >= 15 is 0 Å². The molecule has 24 heavy (non-hydrogen) atoms. The fourth-order valence-corrected chi connectivity index (χ4v) is 1.73. The maximum atomic E-state index is 12.8. The number of nitrogens with one attached hydrogen (secondary N) is 1. The Morgan fingerprint density at radius 1 is 1.21 bits per heavy atom. The molecule has 0 atom stereocenters. The van der Waals surface area contributed by atoms with E-state index in [1.807, 2.05) is 0 Å². The predicted octanol–water partition coefficient (Wildman–Crippen LogP) is 2.84. The standard InChI is InChI=1S/C17H18FNO5/c1-17(2,16(21)22)10-19-15(20)14-8-7-13(24-14)9-23-12-5-3-11(18)4-6-12/h3-8H,9-10H2,1-2H3,(H,19,20)(H,21,22). The van der Waals surface area contributed by atoms with Crippen LogP contribution in [-0.2, 0) is 11.4 Å². The molecule has 1 aromatic carbocycles. The highest BCUT2D eigenvalue weighted by atomic mass is 19.1. The van der Waals surface area contributed by atoms with Crippen molar-refractivity contribution in [2.24, 2.45) is 5.41 Å². The van der Waals surface area contributed by atoms with Gasteiger partial charge in [0.2, 0.25) is 0 Å². The number of aliphatic carboxylic acids is 1. The second-order valence-electron chi connectivity index (χ2n) is 5.88. The van der Waals surface area contributed by atoms with Gasteiger partial charge in [0, 0.05) is 6.54 Å². The lowest BCUT2D eigenvalue weighted by atomic mass is 9.94. The Labute approximate surface area is 138 Å². The van der Waals surface area contributed by atoms with Crippen LogP contribution >= 0.6 is 0 Å². The molecule has 0 aliphatic heterocycles. The molecule has 1 heterocycles. The first-order valence-electron chi connectivity index (χ1n) is 7.26. The van der Waals surface area contributed by atoms with Gasteiger partial charge in [0.05, 0.1) is 5.41 Å². The van der Waals surface area contributed by atoms with E-state index in [1.54, 1.807) is 6.07 Å². The quantitative estimate of drug-likeness (QED) is 0.812. The average Bonchev–Trinajstić information content (AvgIpc) is 3.01. The fourth-order valence-electron chi connectivity index (χ4n) is 1.73. The molecule has 0 aliphatic rings. The molecule has 2 N–H and O–H groups in total. The minimum Gasteiger partial charge on any atom is -0.486 e. The van der Waals surface area contributed by atoms with Crippen molar-refractivity contribution in [3.63, 3.8) is 0 Å². The van der Waals surface area contributed by atoms with Gasteiger partial charge >= 0.3 is 5.97 Å². The topological polar surface area (TPSA) is 88.8 Å². The Kier molecular flexibility index (Phi) is 5.23. The van der Waals surface area contributed by atoms with Crippen LogP contribution in [0.1, 0.15) is 30.2 Å². The third kappa shape index (κ3) is 4.58. The summed E-state index contributed by atoms with van der Waals surface area (Å²) in [6.07, 6.45) is 0. The van der Waals surface area contributed by atoms with Crippen molar-refractivity contribution in [1.82, 2.24) is 5.32 Å². The number of hydrogen-bond donors (Lipinski definition) is 2. The number of carboxylic acids is 1. The molecule has 1 amide bonds. The summed E-state index contributed by atoms with van der Waals surface area (Å²) in [6, 6.07) is 8.59. The molecule has 0 spiro atoms. The zero-order valence-electron chi connectivity index (χ0n) is 13.3. The van der Waals surface area contributed by atoms with E-state index in [0.717, 1.165) is 0 Å². The van der Waals surface area contributed by atoms with Crippen LogP contribution < -0.4 is 10.1 Å². The van der Waals surface area contributed by atoms with Crippen molar-refractivity contribution in [1.29, 1.82) is 0 Å². The first kappa shape index (κ1) is 17.5. The van der Waals surface area contributed by atoms with Gasteiger partial charge in [-0.25, -0.2) is 4.39 Å². The number of rotatable bonds is 7. The van der Waals surface area contributed by atoms with E-state index < -0.39 is 17.3 Å². The average molecular weight is 335 g/mol. The van der Waals surface area contributed by atoms with E-state index in [9.17, 15) is 14.0 Å². The number of amides is 1. The normalized spacial score (nSPS) is 11.1. The Hall–Kier alpha value is -2.83. The van der Waals surface area contributed by atoms with Crippen molar-refractivity contribution in [3.8, 4) is 5.75 Å². The van der Waals surface area contributed by atoms with Crippen molar-refractivity contribution in [2.45, 2.75) is 20.5 Å². The summed E-state index contributed by atoms with van der Waals surface area (Å²) in [5.74, 6) is -0.908. The highest BCUT2D eigenvalue weighted by molar-refractivity contribution is 5.91. The number of carbonyl (C=O) groups excluding carboxylic acids is 1. The summed E-state index contributed by atoms with van der Waals surface area (Å²) < 4.78 is 23.6. The Bertz CT molecular complexity index is 721. The van der Waals surface area contributed by atoms with Gasteiger partial charge in [-0.3, -0.25) is 9.59 Å². The van der Waals surface area contributed by atoms with Crippen LogP contribution in [0.25, 0.3) is 0 Å². The SMILES string of the molecule is CC(C)(CNC(=O)c1ccc(COc2ccc(F)cc2)o1)C(=O)O. The minimum absolute atomic E-state index is 0.0245. The molecule has 0 aliphatic carbocycles. The molecule has 2 rings (SSSR count). The van der Waals surface area contributed by atoms with E-state index in [1.165, 1.54) is 44.2 Å². The highest BCUT2D eigenvalue weighted by Crippen LogP contribution is 2.16. The van der Waals surface area contributed by atoms with Gasteiger partial charge in [-0.2, -0.15) is 0 Å². The largest absolute Gasteiger partial charge is 0.486 e. The lowest BCUT2D eigenvalue weighted by molar-refractivity contribution is -0.146. The van der Waals surface area contributed by atoms with Gasteiger partial charge in [-0.15, -0.1) is 0 Å². The molecule has 1 aromatic heterocycles. The molecule has 7 heteroatoms. The molecule has 0 radical (unpaired) electrons. The van der Waals surface area contributed by atoms with E-state index in [2.05, 4.69) is 5.32 Å². The summed E-state index contributed by atoms with van der Waals surface area (Å²) in [5.41, 5.74) is -1.07. The third-order valence-electron chi connectivity index (χ3n) is 3.35.